The van der Waals surface area contributed by atoms with Gasteiger partial charge in [0.25, 0.3) is 0 Å². The van der Waals surface area contributed by atoms with Gasteiger partial charge >= 0.3 is 0 Å². The Morgan fingerprint density at radius 3 is 2.47 bits per heavy atom. The predicted molar refractivity (Wildman–Crippen MR) is 79.7 cm³/mol. The maximum atomic E-state index is 5.85. The number of ether oxygens (including phenoxy) is 2. The summed E-state index contributed by atoms with van der Waals surface area (Å²) in [6.45, 7) is 7.79. The zero-order chi connectivity index (χ0) is 14.1. The van der Waals surface area contributed by atoms with E-state index in [4.69, 9.17) is 9.47 Å². The Morgan fingerprint density at radius 2 is 1.89 bits per heavy atom. The van der Waals surface area contributed by atoms with Gasteiger partial charge in [0, 0.05) is 12.2 Å². The molecule has 0 fully saturated rings. The Hall–Kier alpha value is -1.06. The van der Waals surface area contributed by atoms with Crippen LogP contribution in [-0.2, 0) is 4.74 Å². The lowest BCUT2D eigenvalue weighted by molar-refractivity contribution is 0.0326. The Bertz CT molecular complexity index is 354. The number of nitrogens with one attached hydrogen (secondary N) is 1. The van der Waals surface area contributed by atoms with Crippen molar-refractivity contribution in [2.45, 2.75) is 45.8 Å². The van der Waals surface area contributed by atoms with Crippen molar-refractivity contribution >= 4 is 0 Å². The van der Waals surface area contributed by atoms with Crippen LogP contribution in [0.2, 0.25) is 0 Å². The lowest BCUT2D eigenvalue weighted by Gasteiger charge is -2.27. The molecular weight excluding hydrogens is 238 g/mol. The molecule has 0 amide bonds. The van der Waals surface area contributed by atoms with Gasteiger partial charge in [-0.2, -0.15) is 0 Å². The molecule has 0 aliphatic carbocycles. The lowest BCUT2D eigenvalue weighted by atomic mass is 9.98. The molecule has 1 aromatic rings. The second kappa shape index (κ2) is 8.94. The summed E-state index contributed by atoms with van der Waals surface area (Å²) in [5.41, 5.74) is 1.18. The molecule has 1 rings (SSSR count). The Labute approximate surface area is 117 Å². The summed E-state index contributed by atoms with van der Waals surface area (Å²) in [4.78, 5) is 0. The predicted octanol–water partition coefficient (Wildman–Crippen LogP) is 3.55. The molecule has 0 radical (unpaired) electrons. The summed E-state index contributed by atoms with van der Waals surface area (Å²) < 4.78 is 11.7. The molecule has 108 valence electrons. The monoisotopic (exact) mass is 265 g/mol. The van der Waals surface area contributed by atoms with E-state index in [9.17, 15) is 0 Å². The van der Waals surface area contributed by atoms with E-state index in [0.29, 0.717) is 0 Å². The van der Waals surface area contributed by atoms with Crippen LogP contribution < -0.4 is 10.1 Å². The minimum atomic E-state index is 0.165. The van der Waals surface area contributed by atoms with Crippen LogP contribution in [0, 0.1) is 0 Å². The summed E-state index contributed by atoms with van der Waals surface area (Å²) >= 11 is 0. The molecule has 0 saturated heterocycles. The maximum Gasteiger partial charge on any atom is 0.124 e. The highest BCUT2D eigenvalue weighted by atomic mass is 16.5. The zero-order valence-electron chi connectivity index (χ0n) is 12.6. The molecule has 0 spiro atoms. The minimum absolute atomic E-state index is 0.165. The van der Waals surface area contributed by atoms with Gasteiger partial charge in [0.05, 0.1) is 18.8 Å². The highest BCUT2D eigenvalue weighted by Crippen LogP contribution is 2.29. The van der Waals surface area contributed by atoms with E-state index in [-0.39, 0.29) is 12.1 Å². The highest BCUT2D eigenvalue weighted by Gasteiger charge is 2.23. The third-order valence-electron chi connectivity index (χ3n) is 3.18. The number of hydrogen-bond donors (Lipinski definition) is 1. The average Bonchev–Trinajstić information content (AvgIpc) is 2.46. The normalized spacial score (nSPS) is 14.1. The number of likely N-dealkylation sites (N-methyl/N-ethyl adjacent to an activating group) is 1. The summed E-state index contributed by atoms with van der Waals surface area (Å²) in [6.07, 6.45) is 2.16. The average molecular weight is 265 g/mol. The van der Waals surface area contributed by atoms with Crippen LogP contribution in [0.15, 0.2) is 24.3 Å². The minimum Gasteiger partial charge on any atom is -0.493 e. The van der Waals surface area contributed by atoms with Crippen molar-refractivity contribution in [3.05, 3.63) is 29.8 Å². The van der Waals surface area contributed by atoms with Gasteiger partial charge in [-0.1, -0.05) is 32.0 Å². The van der Waals surface area contributed by atoms with Gasteiger partial charge in [-0.05, 0) is 32.9 Å². The molecule has 19 heavy (non-hydrogen) atoms. The Morgan fingerprint density at radius 1 is 1.16 bits per heavy atom. The van der Waals surface area contributed by atoms with E-state index in [1.165, 1.54) is 5.56 Å². The summed E-state index contributed by atoms with van der Waals surface area (Å²) in [5.74, 6) is 0.960. The van der Waals surface area contributed by atoms with Crippen LogP contribution >= 0.6 is 0 Å². The zero-order valence-corrected chi connectivity index (χ0v) is 12.6. The molecule has 0 aliphatic rings. The van der Waals surface area contributed by atoms with Crippen molar-refractivity contribution in [3.63, 3.8) is 0 Å². The van der Waals surface area contributed by atoms with E-state index in [2.05, 4.69) is 31.3 Å². The molecule has 0 heterocycles. The standard InChI is InChI=1S/C16H27NO2/c1-5-12-19-15-11-9-8-10-13(15)16(17-4)14(6-2)18-7-3/h8-11,14,16-17H,5-7,12H2,1-4H3. The molecule has 0 aromatic heterocycles. The molecule has 0 aliphatic heterocycles. The highest BCUT2D eigenvalue weighted by molar-refractivity contribution is 5.36. The number of rotatable bonds is 9. The third-order valence-corrected chi connectivity index (χ3v) is 3.18. The lowest BCUT2D eigenvalue weighted by Crippen LogP contribution is -2.31. The molecular formula is C16H27NO2. The SMILES string of the molecule is CCCOc1ccccc1C(NC)C(CC)OCC. The van der Waals surface area contributed by atoms with Gasteiger partial charge in [0.15, 0.2) is 0 Å². The topological polar surface area (TPSA) is 30.5 Å². The quantitative estimate of drug-likeness (QED) is 0.740. The first-order valence-corrected chi connectivity index (χ1v) is 7.28. The summed E-state index contributed by atoms with van der Waals surface area (Å²) in [5, 5.41) is 3.37. The Kier molecular flexibility index (Phi) is 7.53. The second-order valence-corrected chi connectivity index (χ2v) is 4.55. The van der Waals surface area contributed by atoms with Crippen molar-refractivity contribution in [1.29, 1.82) is 0 Å². The van der Waals surface area contributed by atoms with E-state index in [0.717, 1.165) is 31.8 Å². The molecule has 1 N–H and O–H groups in total. The second-order valence-electron chi connectivity index (χ2n) is 4.55. The first kappa shape index (κ1) is 16.0. The van der Waals surface area contributed by atoms with E-state index >= 15 is 0 Å². The summed E-state index contributed by atoms with van der Waals surface area (Å²) in [7, 11) is 1.98. The van der Waals surface area contributed by atoms with Crippen LogP contribution in [0.1, 0.15) is 45.2 Å². The van der Waals surface area contributed by atoms with Crippen LogP contribution in [0.3, 0.4) is 0 Å². The van der Waals surface area contributed by atoms with Crippen molar-refractivity contribution in [2.75, 3.05) is 20.3 Å². The first-order chi connectivity index (χ1) is 9.28. The van der Waals surface area contributed by atoms with Gasteiger partial charge < -0.3 is 14.8 Å². The fourth-order valence-electron chi connectivity index (χ4n) is 2.29. The fourth-order valence-corrected chi connectivity index (χ4v) is 2.29. The Balaban J connectivity index is 2.95. The maximum absolute atomic E-state index is 5.85. The van der Waals surface area contributed by atoms with E-state index < -0.39 is 0 Å². The van der Waals surface area contributed by atoms with Crippen LogP contribution in [0.4, 0.5) is 0 Å². The number of benzene rings is 1. The molecule has 3 heteroatoms. The van der Waals surface area contributed by atoms with Crippen LogP contribution in [0.5, 0.6) is 5.75 Å². The van der Waals surface area contributed by atoms with Crippen LogP contribution in [-0.4, -0.2) is 26.4 Å². The number of hydrogen-bond acceptors (Lipinski definition) is 3. The van der Waals surface area contributed by atoms with Crippen molar-refractivity contribution in [3.8, 4) is 5.75 Å². The third kappa shape index (κ3) is 4.51. The van der Waals surface area contributed by atoms with Gasteiger partial charge in [0.1, 0.15) is 5.75 Å². The van der Waals surface area contributed by atoms with Gasteiger partial charge in [-0.15, -0.1) is 0 Å². The van der Waals surface area contributed by atoms with Crippen molar-refractivity contribution in [2.24, 2.45) is 0 Å². The van der Waals surface area contributed by atoms with Gasteiger partial charge in [-0.25, -0.2) is 0 Å². The van der Waals surface area contributed by atoms with Gasteiger partial charge in [0.2, 0.25) is 0 Å². The largest absolute Gasteiger partial charge is 0.493 e. The molecule has 2 atom stereocenters. The summed E-state index contributed by atoms with van der Waals surface area (Å²) in [6, 6.07) is 8.39. The molecule has 3 nitrogen and oxygen atoms in total. The molecule has 0 saturated carbocycles. The fraction of sp³-hybridized carbons (Fsp3) is 0.625. The van der Waals surface area contributed by atoms with E-state index in [1.807, 2.05) is 26.1 Å². The van der Waals surface area contributed by atoms with Crippen LogP contribution in [0.25, 0.3) is 0 Å². The van der Waals surface area contributed by atoms with Gasteiger partial charge in [-0.3, -0.25) is 0 Å². The van der Waals surface area contributed by atoms with Crippen molar-refractivity contribution in [1.82, 2.24) is 5.32 Å². The molecule has 2 unspecified atom stereocenters. The van der Waals surface area contributed by atoms with Crippen molar-refractivity contribution < 1.29 is 9.47 Å². The number of para-hydroxylation sites is 1. The van der Waals surface area contributed by atoms with E-state index in [1.54, 1.807) is 0 Å². The molecule has 1 aromatic carbocycles. The first-order valence-electron chi connectivity index (χ1n) is 7.28. The molecule has 0 bridgehead atoms. The smallest absolute Gasteiger partial charge is 0.124 e.